The summed E-state index contributed by atoms with van der Waals surface area (Å²) in [6.45, 7) is 7.39. The van der Waals surface area contributed by atoms with Crippen LogP contribution in [0.4, 0.5) is 22.0 Å². The van der Waals surface area contributed by atoms with Crippen LogP contribution in [0.5, 0.6) is 0 Å². The SMILES string of the molecule is Cc1cc(N(C)C(=O)OC(C)(C)C)ccc1Nc1nc(Cl)ncc1Cl. The smallest absolute Gasteiger partial charge is 0.414 e. The lowest BCUT2D eigenvalue weighted by Crippen LogP contribution is -2.34. The number of benzene rings is 1. The zero-order valence-electron chi connectivity index (χ0n) is 14.7. The first-order valence-electron chi connectivity index (χ1n) is 7.59. The summed E-state index contributed by atoms with van der Waals surface area (Å²) in [5.74, 6) is 0.415. The molecular formula is C17H20Cl2N4O2. The summed E-state index contributed by atoms with van der Waals surface area (Å²) in [5, 5.41) is 3.58. The van der Waals surface area contributed by atoms with Crippen molar-refractivity contribution in [1.82, 2.24) is 9.97 Å². The minimum absolute atomic E-state index is 0.103. The highest BCUT2D eigenvalue weighted by Crippen LogP contribution is 2.28. The predicted molar refractivity (Wildman–Crippen MR) is 101 cm³/mol. The van der Waals surface area contributed by atoms with Gasteiger partial charge in [0.1, 0.15) is 10.6 Å². The van der Waals surface area contributed by atoms with Crippen LogP contribution in [0.2, 0.25) is 10.3 Å². The van der Waals surface area contributed by atoms with E-state index < -0.39 is 11.7 Å². The maximum absolute atomic E-state index is 12.2. The third kappa shape index (κ3) is 5.21. The number of halogens is 2. The number of carbonyl (C=O) groups is 1. The van der Waals surface area contributed by atoms with Crippen molar-refractivity contribution in [3.63, 3.8) is 0 Å². The molecule has 1 aromatic heterocycles. The van der Waals surface area contributed by atoms with Crippen LogP contribution >= 0.6 is 23.2 Å². The Morgan fingerprint density at radius 3 is 2.56 bits per heavy atom. The Bertz CT molecular complexity index is 791. The molecule has 0 saturated carbocycles. The molecule has 0 fully saturated rings. The van der Waals surface area contributed by atoms with E-state index in [1.165, 1.54) is 11.1 Å². The first-order chi connectivity index (χ1) is 11.6. The molecule has 0 atom stereocenters. The Hall–Kier alpha value is -2.05. The van der Waals surface area contributed by atoms with Gasteiger partial charge in [0.15, 0.2) is 5.82 Å². The number of aryl methyl sites for hydroxylation is 1. The lowest BCUT2D eigenvalue weighted by molar-refractivity contribution is 0.0589. The molecule has 1 N–H and O–H groups in total. The average molecular weight is 383 g/mol. The van der Waals surface area contributed by atoms with Gasteiger partial charge in [-0.3, -0.25) is 4.90 Å². The van der Waals surface area contributed by atoms with Gasteiger partial charge in [-0.2, -0.15) is 4.98 Å². The van der Waals surface area contributed by atoms with Gasteiger partial charge in [-0.15, -0.1) is 0 Å². The molecule has 6 nitrogen and oxygen atoms in total. The fraction of sp³-hybridized carbons (Fsp3) is 0.353. The summed E-state index contributed by atoms with van der Waals surface area (Å²) in [6, 6.07) is 5.50. The van der Waals surface area contributed by atoms with Crippen LogP contribution in [-0.2, 0) is 4.74 Å². The van der Waals surface area contributed by atoms with Crippen molar-refractivity contribution in [3.05, 3.63) is 40.3 Å². The quantitative estimate of drug-likeness (QED) is 0.738. The molecule has 0 aliphatic heterocycles. The van der Waals surface area contributed by atoms with Crippen molar-refractivity contribution in [3.8, 4) is 0 Å². The van der Waals surface area contributed by atoms with Crippen molar-refractivity contribution in [2.45, 2.75) is 33.3 Å². The number of aromatic nitrogens is 2. The molecule has 0 bridgehead atoms. The van der Waals surface area contributed by atoms with E-state index in [1.54, 1.807) is 13.1 Å². The van der Waals surface area contributed by atoms with Gasteiger partial charge in [0.25, 0.3) is 0 Å². The molecule has 8 heteroatoms. The zero-order valence-corrected chi connectivity index (χ0v) is 16.2. The molecular weight excluding hydrogens is 363 g/mol. The number of rotatable bonds is 3. The fourth-order valence-electron chi connectivity index (χ4n) is 1.99. The van der Waals surface area contributed by atoms with Crippen molar-refractivity contribution in [1.29, 1.82) is 0 Å². The molecule has 0 aliphatic rings. The van der Waals surface area contributed by atoms with Crippen molar-refractivity contribution >= 4 is 46.5 Å². The van der Waals surface area contributed by atoms with Crippen LogP contribution in [0.3, 0.4) is 0 Å². The second-order valence-electron chi connectivity index (χ2n) is 6.50. The van der Waals surface area contributed by atoms with Crippen LogP contribution in [0, 0.1) is 6.92 Å². The number of carbonyl (C=O) groups excluding carboxylic acids is 1. The van der Waals surface area contributed by atoms with Gasteiger partial charge in [-0.1, -0.05) is 11.6 Å². The van der Waals surface area contributed by atoms with Crippen molar-refractivity contribution < 1.29 is 9.53 Å². The molecule has 0 unspecified atom stereocenters. The summed E-state index contributed by atoms with van der Waals surface area (Å²) >= 11 is 11.9. The normalized spacial score (nSPS) is 11.2. The van der Waals surface area contributed by atoms with Crippen LogP contribution < -0.4 is 10.2 Å². The number of hydrogen-bond donors (Lipinski definition) is 1. The minimum atomic E-state index is -0.551. The summed E-state index contributed by atoms with van der Waals surface area (Å²) in [5.41, 5.74) is 1.85. The maximum Gasteiger partial charge on any atom is 0.414 e. The Balaban J connectivity index is 2.20. The highest BCUT2D eigenvalue weighted by molar-refractivity contribution is 6.33. The molecule has 2 aromatic rings. The Kier molecular flexibility index (Phi) is 5.75. The number of ether oxygens (including phenoxy) is 1. The lowest BCUT2D eigenvalue weighted by atomic mass is 10.1. The van der Waals surface area contributed by atoms with E-state index in [9.17, 15) is 4.79 Å². The molecule has 1 aromatic carbocycles. The molecule has 1 heterocycles. The molecule has 0 spiro atoms. The third-order valence-corrected chi connectivity index (χ3v) is 3.69. The van der Waals surface area contributed by atoms with Crippen molar-refractivity contribution in [2.75, 3.05) is 17.3 Å². The molecule has 1 amide bonds. The van der Waals surface area contributed by atoms with Crippen LogP contribution in [0.1, 0.15) is 26.3 Å². The van der Waals surface area contributed by atoms with Gasteiger partial charge in [-0.05, 0) is 63.1 Å². The van der Waals surface area contributed by atoms with Crippen LogP contribution in [-0.4, -0.2) is 28.7 Å². The highest BCUT2D eigenvalue weighted by atomic mass is 35.5. The van der Waals surface area contributed by atoms with E-state index in [0.29, 0.717) is 16.5 Å². The first kappa shape index (κ1) is 19.3. The molecule has 134 valence electrons. The molecule has 0 radical (unpaired) electrons. The lowest BCUT2D eigenvalue weighted by Gasteiger charge is -2.25. The molecule has 0 aliphatic carbocycles. The summed E-state index contributed by atoms with van der Waals surface area (Å²) in [7, 11) is 1.66. The maximum atomic E-state index is 12.2. The van der Waals surface area contributed by atoms with Gasteiger partial charge in [0.05, 0.1) is 6.20 Å². The van der Waals surface area contributed by atoms with Gasteiger partial charge >= 0.3 is 6.09 Å². The summed E-state index contributed by atoms with van der Waals surface area (Å²) in [4.78, 5) is 21.5. The largest absolute Gasteiger partial charge is 0.443 e. The molecule has 25 heavy (non-hydrogen) atoms. The van der Waals surface area contributed by atoms with E-state index >= 15 is 0 Å². The standard InChI is InChI=1S/C17H20Cl2N4O2/c1-10-8-11(23(5)16(24)25-17(2,3)4)6-7-13(10)21-14-12(18)9-20-15(19)22-14/h6-9H,1-5H3,(H,20,21,22). The number of hydrogen-bond acceptors (Lipinski definition) is 5. The highest BCUT2D eigenvalue weighted by Gasteiger charge is 2.21. The Morgan fingerprint density at radius 1 is 1.28 bits per heavy atom. The fourth-order valence-corrected chi connectivity index (χ4v) is 2.26. The van der Waals surface area contributed by atoms with Gasteiger partial charge in [0.2, 0.25) is 5.28 Å². The number of nitrogens with zero attached hydrogens (tertiary/aromatic N) is 3. The van der Waals surface area contributed by atoms with E-state index in [0.717, 1.165) is 11.3 Å². The van der Waals surface area contributed by atoms with Gasteiger partial charge in [0, 0.05) is 18.4 Å². The van der Waals surface area contributed by atoms with Crippen molar-refractivity contribution in [2.24, 2.45) is 0 Å². The summed E-state index contributed by atoms with van der Waals surface area (Å²) < 4.78 is 5.37. The second-order valence-corrected chi connectivity index (χ2v) is 7.24. The molecule has 2 rings (SSSR count). The Morgan fingerprint density at radius 2 is 1.96 bits per heavy atom. The van der Waals surface area contributed by atoms with Crippen LogP contribution in [0.15, 0.2) is 24.4 Å². The Labute approximate surface area is 157 Å². The topological polar surface area (TPSA) is 67.3 Å². The van der Waals surface area contributed by atoms with Crippen LogP contribution in [0.25, 0.3) is 0 Å². The van der Waals surface area contributed by atoms with E-state index in [2.05, 4.69) is 15.3 Å². The monoisotopic (exact) mass is 382 g/mol. The first-order valence-corrected chi connectivity index (χ1v) is 8.35. The number of anilines is 3. The second kappa shape index (κ2) is 7.45. The minimum Gasteiger partial charge on any atom is -0.443 e. The van der Waals surface area contributed by atoms with Gasteiger partial charge < -0.3 is 10.1 Å². The predicted octanol–water partition coefficient (Wildman–Crippen LogP) is 5.21. The van der Waals surface area contributed by atoms with E-state index in [-0.39, 0.29) is 5.28 Å². The van der Waals surface area contributed by atoms with E-state index in [4.69, 9.17) is 27.9 Å². The number of nitrogens with one attached hydrogen (secondary N) is 1. The number of amides is 1. The summed E-state index contributed by atoms with van der Waals surface area (Å²) in [6.07, 6.45) is 1.01. The average Bonchev–Trinajstić information content (AvgIpc) is 2.50. The zero-order chi connectivity index (χ0) is 18.8. The van der Waals surface area contributed by atoms with Gasteiger partial charge in [-0.25, -0.2) is 9.78 Å². The van der Waals surface area contributed by atoms with E-state index in [1.807, 2.05) is 39.8 Å². The molecule has 0 saturated heterocycles. The third-order valence-electron chi connectivity index (χ3n) is 3.23.